The predicted octanol–water partition coefficient (Wildman–Crippen LogP) is 2.99. The quantitative estimate of drug-likeness (QED) is 0.207. The summed E-state index contributed by atoms with van der Waals surface area (Å²) in [6, 6.07) is 14.4. The number of hydrogen-bond acceptors (Lipinski definition) is 7. The SMILES string of the molecule is CCC(Sc1nc2ccccc2c(=O)n1Cc1ccc(C(=O)NCC2CCCO2)cc1)C(=O)NCCOC. The number of rotatable bonds is 12. The second kappa shape index (κ2) is 13.5. The zero-order valence-electron chi connectivity index (χ0n) is 21.8. The Bertz CT molecular complexity index is 1300. The maximum absolute atomic E-state index is 13.5. The first-order valence-electron chi connectivity index (χ1n) is 12.9. The molecule has 0 spiro atoms. The van der Waals surface area contributed by atoms with E-state index in [9.17, 15) is 14.4 Å². The van der Waals surface area contributed by atoms with Gasteiger partial charge in [0.1, 0.15) is 0 Å². The number of carbonyl (C=O) groups is 2. The van der Waals surface area contributed by atoms with E-state index in [1.807, 2.05) is 31.2 Å². The van der Waals surface area contributed by atoms with Gasteiger partial charge in [-0.15, -0.1) is 0 Å². The van der Waals surface area contributed by atoms with E-state index in [0.29, 0.717) is 47.7 Å². The van der Waals surface area contributed by atoms with Crippen molar-refractivity contribution in [2.24, 2.45) is 0 Å². The maximum Gasteiger partial charge on any atom is 0.262 e. The van der Waals surface area contributed by atoms with Crippen LogP contribution in [0.1, 0.15) is 42.1 Å². The number of ether oxygens (including phenoxy) is 2. The van der Waals surface area contributed by atoms with Gasteiger partial charge in [0, 0.05) is 32.4 Å². The number of fused-ring (bicyclic) bond motifs is 1. The number of benzene rings is 2. The highest BCUT2D eigenvalue weighted by molar-refractivity contribution is 8.00. The zero-order valence-corrected chi connectivity index (χ0v) is 22.6. The summed E-state index contributed by atoms with van der Waals surface area (Å²) in [6.07, 6.45) is 2.63. The third-order valence-electron chi connectivity index (χ3n) is 6.41. The Kier molecular flexibility index (Phi) is 9.91. The molecular weight excluding hydrogens is 504 g/mol. The lowest BCUT2D eigenvalue weighted by Gasteiger charge is -2.18. The minimum atomic E-state index is -0.416. The summed E-state index contributed by atoms with van der Waals surface area (Å²) in [5, 5.41) is 6.37. The number of hydrogen-bond donors (Lipinski definition) is 2. The van der Waals surface area contributed by atoms with Gasteiger partial charge in [0.2, 0.25) is 5.91 Å². The monoisotopic (exact) mass is 538 g/mol. The molecule has 38 heavy (non-hydrogen) atoms. The van der Waals surface area contributed by atoms with Gasteiger partial charge in [-0.3, -0.25) is 19.0 Å². The second-order valence-corrected chi connectivity index (χ2v) is 10.3. The second-order valence-electron chi connectivity index (χ2n) is 9.14. The molecule has 0 aliphatic carbocycles. The van der Waals surface area contributed by atoms with Gasteiger partial charge in [-0.2, -0.15) is 0 Å². The molecule has 0 bridgehead atoms. The van der Waals surface area contributed by atoms with Gasteiger partial charge in [0.15, 0.2) is 5.16 Å². The van der Waals surface area contributed by atoms with Gasteiger partial charge in [-0.05, 0) is 49.1 Å². The molecule has 2 heterocycles. The molecule has 2 unspecified atom stereocenters. The first-order valence-corrected chi connectivity index (χ1v) is 13.8. The first-order chi connectivity index (χ1) is 18.5. The summed E-state index contributed by atoms with van der Waals surface area (Å²) >= 11 is 1.28. The van der Waals surface area contributed by atoms with Crippen LogP contribution in [0.15, 0.2) is 58.5 Å². The van der Waals surface area contributed by atoms with Crippen LogP contribution in [0.2, 0.25) is 0 Å². The van der Waals surface area contributed by atoms with E-state index in [-0.39, 0.29) is 30.0 Å². The molecule has 1 fully saturated rings. The standard InChI is InChI=1S/C28H34N4O5S/c1-3-24(26(34)29-14-16-36-2)38-28-31-23-9-5-4-8-22(23)27(35)32(28)18-19-10-12-20(13-11-19)25(33)30-17-21-7-6-15-37-21/h4-5,8-13,21,24H,3,6-7,14-18H2,1-2H3,(H,29,34)(H,30,33). The number of thioether (sulfide) groups is 1. The molecule has 3 aromatic rings. The van der Waals surface area contributed by atoms with Crippen molar-refractivity contribution in [1.29, 1.82) is 0 Å². The number of amides is 2. The molecule has 0 radical (unpaired) electrons. The molecule has 1 aromatic heterocycles. The molecule has 1 aliphatic rings. The van der Waals surface area contributed by atoms with E-state index in [1.165, 1.54) is 11.8 Å². The summed E-state index contributed by atoms with van der Waals surface area (Å²) in [6.45, 7) is 4.28. The van der Waals surface area contributed by atoms with E-state index in [1.54, 1.807) is 35.9 Å². The summed E-state index contributed by atoms with van der Waals surface area (Å²) < 4.78 is 12.2. The van der Waals surface area contributed by atoms with E-state index in [2.05, 4.69) is 10.6 Å². The fourth-order valence-electron chi connectivity index (χ4n) is 4.27. The van der Waals surface area contributed by atoms with Gasteiger partial charge >= 0.3 is 0 Å². The van der Waals surface area contributed by atoms with Gasteiger partial charge in [-0.1, -0.05) is 43.0 Å². The average Bonchev–Trinajstić information content (AvgIpc) is 3.46. The number of aromatic nitrogens is 2. The maximum atomic E-state index is 13.5. The van der Waals surface area contributed by atoms with Crippen molar-refractivity contribution in [2.75, 3.05) is 33.4 Å². The van der Waals surface area contributed by atoms with Crippen LogP contribution in [0.4, 0.5) is 0 Å². The Labute approximate surface area is 226 Å². The van der Waals surface area contributed by atoms with Crippen molar-refractivity contribution in [1.82, 2.24) is 20.2 Å². The molecule has 10 heteroatoms. The lowest BCUT2D eigenvalue weighted by atomic mass is 10.1. The molecular formula is C28H34N4O5S. The fourth-order valence-corrected chi connectivity index (χ4v) is 5.31. The van der Waals surface area contributed by atoms with E-state index < -0.39 is 5.25 Å². The molecule has 2 amide bonds. The van der Waals surface area contributed by atoms with Gasteiger partial charge in [0.05, 0.1) is 35.4 Å². The Balaban J connectivity index is 1.54. The van der Waals surface area contributed by atoms with Crippen molar-refractivity contribution in [3.8, 4) is 0 Å². The molecule has 202 valence electrons. The first kappa shape index (κ1) is 27.8. The highest BCUT2D eigenvalue weighted by Crippen LogP contribution is 2.25. The normalized spacial score (nSPS) is 15.9. The molecule has 2 atom stereocenters. The Morgan fingerprint density at radius 3 is 2.68 bits per heavy atom. The van der Waals surface area contributed by atoms with Crippen LogP contribution < -0.4 is 16.2 Å². The van der Waals surface area contributed by atoms with Crippen molar-refractivity contribution < 1.29 is 19.1 Å². The van der Waals surface area contributed by atoms with Crippen LogP contribution >= 0.6 is 11.8 Å². The smallest absolute Gasteiger partial charge is 0.262 e. The van der Waals surface area contributed by atoms with Crippen molar-refractivity contribution in [3.63, 3.8) is 0 Å². The number of carbonyl (C=O) groups excluding carboxylic acids is 2. The summed E-state index contributed by atoms with van der Waals surface area (Å²) in [5.41, 5.74) is 1.80. The van der Waals surface area contributed by atoms with E-state index in [4.69, 9.17) is 14.5 Å². The molecule has 4 rings (SSSR count). The minimum Gasteiger partial charge on any atom is -0.383 e. The Morgan fingerprint density at radius 1 is 1.18 bits per heavy atom. The third kappa shape index (κ3) is 7.00. The highest BCUT2D eigenvalue weighted by atomic mass is 32.2. The van der Waals surface area contributed by atoms with Crippen molar-refractivity contribution >= 4 is 34.5 Å². The Morgan fingerprint density at radius 2 is 1.97 bits per heavy atom. The third-order valence-corrected chi connectivity index (χ3v) is 7.77. The Hall–Kier alpha value is -3.21. The van der Waals surface area contributed by atoms with Crippen LogP contribution in [0.25, 0.3) is 10.9 Å². The van der Waals surface area contributed by atoms with Crippen molar-refractivity contribution in [2.45, 2.75) is 49.2 Å². The van der Waals surface area contributed by atoms with Gasteiger partial charge in [0.25, 0.3) is 11.5 Å². The fraction of sp³-hybridized carbons (Fsp3) is 0.429. The minimum absolute atomic E-state index is 0.0791. The zero-order chi connectivity index (χ0) is 26.9. The van der Waals surface area contributed by atoms with Crippen molar-refractivity contribution in [3.05, 3.63) is 70.0 Å². The van der Waals surface area contributed by atoms with Crippen LogP contribution in [-0.2, 0) is 20.8 Å². The highest BCUT2D eigenvalue weighted by Gasteiger charge is 2.22. The van der Waals surface area contributed by atoms with Gasteiger partial charge in [-0.25, -0.2) is 4.98 Å². The lowest BCUT2D eigenvalue weighted by molar-refractivity contribution is -0.120. The summed E-state index contributed by atoms with van der Waals surface area (Å²) in [4.78, 5) is 43.6. The van der Waals surface area contributed by atoms with Gasteiger partial charge < -0.3 is 20.1 Å². The molecule has 0 saturated carbocycles. The lowest BCUT2D eigenvalue weighted by Crippen LogP contribution is -2.35. The largest absolute Gasteiger partial charge is 0.383 e. The van der Waals surface area contributed by atoms with E-state index >= 15 is 0 Å². The number of nitrogens with zero attached hydrogens (tertiary/aromatic N) is 2. The predicted molar refractivity (Wildman–Crippen MR) is 148 cm³/mol. The van der Waals surface area contributed by atoms with Crippen LogP contribution in [0, 0.1) is 0 Å². The summed E-state index contributed by atoms with van der Waals surface area (Å²) in [7, 11) is 1.58. The van der Waals surface area contributed by atoms with Crippen LogP contribution in [0.5, 0.6) is 0 Å². The van der Waals surface area contributed by atoms with E-state index in [0.717, 1.165) is 25.0 Å². The number of nitrogens with one attached hydrogen (secondary N) is 2. The molecule has 2 N–H and O–H groups in total. The molecule has 1 saturated heterocycles. The topological polar surface area (TPSA) is 112 Å². The molecule has 9 nitrogen and oxygen atoms in total. The molecule has 2 aromatic carbocycles. The number of para-hydroxylation sites is 1. The van der Waals surface area contributed by atoms with Crippen LogP contribution in [0.3, 0.4) is 0 Å². The average molecular weight is 539 g/mol. The molecule has 1 aliphatic heterocycles. The number of methoxy groups -OCH3 is 1. The van der Waals surface area contributed by atoms with Crippen LogP contribution in [-0.4, -0.2) is 66.1 Å². The summed E-state index contributed by atoms with van der Waals surface area (Å²) in [5.74, 6) is -0.278.